The number of halogens is 1. The number of guanidine groups is 1. The van der Waals surface area contributed by atoms with E-state index in [1.807, 2.05) is 30.1 Å². The van der Waals surface area contributed by atoms with E-state index in [1.54, 1.807) is 12.3 Å². The van der Waals surface area contributed by atoms with Crippen molar-refractivity contribution in [2.75, 3.05) is 40.5 Å². The third kappa shape index (κ3) is 5.73. The Hall–Kier alpha value is -2.54. The third-order valence-corrected chi connectivity index (χ3v) is 4.76. The Morgan fingerprint density at radius 1 is 1.39 bits per heavy atom. The van der Waals surface area contributed by atoms with Crippen molar-refractivity contribution in [1.82, 2.24) is 10.2 Å². The monoisotopic (exact) mass is 389 g/mol. The Bertz CT molecular complexity index is 758. The van der Waals surface area contributed by atoms with Crippen molar-refractivity contribution in [2.24, 2.45) is 10.9 Å². The molecule has 0 saturated carbocycles. The maximum atomic E-state index is 14.0. The summed E-state index contributed by atoms with van der Waals surface area (Å²) in [5.74, 6) is 2.05. The average molecular weight is 389 g/mol. The van der Waals surface area contributed by atoms with Crippen molar-refractivity contribution in [3.63, 3.8) is 0 Å². The van der Waals surface area contributed by atoms with Crippen molar-refractivity contribution in [2.45, 2.75) is 19.4 Å². The second-order valence-corrected chi connectivity index (χ2v) is 6.98. The van der Waals surface area contributed by atoms with Gasteiger partial charge in [-0.15, -0.1) is 0 Å². The lowest BCUT2D eigenvalue weighted by Gasteiger charge is -2.23. The van der Waals surface area contributed by atoms with Crippen LogP contribution in [0, 0.1) is 11.7 Å². The lowest BCUT2D eigenvalue weighted by atomic mass is 10.1. The van der Waals surface area contributed by atoms with Gasteiger partial charge >= 0.3 is 0 Å². The number of nitrogens with one attached hydrogen (secondary N) is 1. The number of hydrogen-bond donors (Lipinski definition) is 1. The number of nitrogens with zero attached hydrogens (tertiary/aromatic N) is 2. The van der Waals surface area contributed by atoms with E-state index in [1.165, 1.54) is 13.2 Å². The average Bonchev–Trinajstić information content (AvgIpc) is 3.38. The van der Waals surface area contributed by atoms with Crippen LogP contribution >= 0.6 is 0 Å². The molecule has 1 fully saturated rings. The van der Waals surface area contributed by atoms with Gasteiger partial charge in [-0.2, -0.15) is 0 Å². The molecule has 1 unspecified atom stereocenters. The second kappa shape index (κ2) is 10.1. The molecule has 2 aromatic rings. The van der Waals surface area contributed by atoms with Crippen LogP contribution in [-0.2, 0) is 17.7 Å². The second-order valence-electron chi connectivity index (χ2n) is 6.98. The molecule has 1 aromatic carbocycles. The predicted molar refractivity (Wildman–Crippen MR) is 106 cm³/mol. The molecule has 2 heterocycles. The van der Waals surface area contributed by atoms with Gasteiger partial charge in [0.25, 0.3) is 0 Å². The van der Waals surface area contributed by atoms with E-state index in [0.717, 1.165) is 43.3 Å². The van der Waals surface area contributed by atoms with Gasteiger partial charge in [0.2, 0.25) is 0 Å². The summed E-state index contributed by atoms with van der Waals surface area (Å²) in [6.07, 6.45) is 3.48. The van der Waals surface area contributed by atoms with E-state index in [4.69, 9.17) is 18.9 Å². The van der Waals surface area contributed by atoms with E-state index in [2.05, 4.69) is 5.32 Å². The first-order valence-corrected chi connectivity index (χ1v) is 9.57. The van der Waals surface area contributed by atoms with E-state index in [-0.39, 0.29) is 11.6 Å². The van der Waals surface area contributed by atoms with Crippen molar-refractivity contribution in [1.29, 1.82) is 0 Å². The number of rotatable bonds is 8. The summed E-state index contributed by atoms with van der Waals surface area (Å²) in [6, 6.07) is 8.85. The normalized spacial score (nSPS) is 17.0. The van der Waals surface area contributed by atoms with Crippen LogP contribution in [0.2, 0.25) is 0 Å². The molecule has 0 aliphatic carbocycles. The Labute approximate surface area is 165 Å². The molecule has 1 aliphatic rings. The van der Waals surface area contributed by atoms with Crippen LogP contribution in [0.5, 0.6) is 5.75 Å². The van der Waals surface area contributed by atoms with Gasteiger partial charge in [-0.3, -0.25) is 4.99 Å². The smallest absolute Gasteiger partial charge is 0.193 e. The molecular weight excluding hydrogens is 361 g/mol. The van der Waals surface area contributed by atoms with E-state index >= 15 is 0 Å². The summed E-state index contributed by atoms with van der Waals surface area (Å²) >= 11 is 0. The fraction of sp³-hybridized carbons (Fsp3) is 0.476. The fourth-order valence-electron chi connectivity index (χ4n) is 3.16. The van der Waals surface area contributed by atoms with Gasteiger partial charge in [0.1, 0.15) is 5.76 Å². The van der Waals surface area contributed by atoms with Crippen LogP contribution in [-0.4, -0.2) is 51.3 Å². The quantitative estimate of drug-likeness (QED) is 0.555. The van der Waals surface area contributed by atoms with Gasteiger partial charge in [-0.05, 0) is 36.2 Å². The molecule has 7 heteroatoms. The van der Waals surface area contributed by atoms with Gasteiger partial charge in [-0.25, -0.2) is 4.39 Å². The summed E-state index contributed by atoms with van der Waals surface area (Å²) in [5.41, 5.74) is 0.852. The molecular formula is C21H28FN3O3. The lowest BCUT2D eigenvalue weighted by Crippen LogP contribution is -2.40. The van der Waals surface area contributed by atoms with Crippen LogP contribution in [0.25, 0.3) is 0 Å². The molecule has 6 nitrogen and oxygen atoms in total. The summed E-state index contributed by atoms with van der Waals surface area (Å²) in [5, 5.41) is 3.40. The topological polar surface area (TPSA) is 59.2 Å². The lowest BCUT2D eigenvalue weighted by molar-refractivity contribution is 0.187. The Balaban J connectivity index is 1.63. The highest BCUT2D eigenvalue weighted by Gasteiger charge is 2.16. The highest BCUT2D eigenvalue weighted by Crippen LogP contribution is 2.18. The summed E-state index contributed by atoms with van der Waals surface area (Å²) < 4.78 is 29.8. The zero-order valence-corrected chi connectivity index (χ0v) is 16.5. The Morgan fingerprint density at radius 3 is 2.96 bits per heavy atom. The molecule has 1 saturated heterocycles. The molecule has 28 heavy (non-hydrogen) atoms. The zero-order chi connectivity index (χ0) is 19.8. The number of hydrogen-bond acceptors (Lipinski definition) is 4. The SMILES string of the molecule is COc1ccc(CN(C)C(=NCC2CCOC2)NCCc2ccco2)cc1F. The van der Waals surface area contributed by atoms with E-state index < -0.39 is 0 Å². The minimum atomic E-state index is -0.360. The molecule has 152 valence electrons. The fourth-order valence-corrected chi connectivity index (χ4v) is 3.16. The number of benzene rings is 1. The van der Waals surface area contributed by atoms with Crippen molar-refractivity contribution in [3.05, 3.63) is 53.7 Å². The van der Waals surface area contributed by atoms with Gasteiger partial charge in [-0.1, -0.05) is 6.07 Å². The van der Waals surface area contributed by atoms with E-state index in [0.29, 0.717) is 25.6 Å². The largest absolute Gasteiger partial charge is 0.494 e. The van der Waals surface area contributed by atoms with Crippen molar-refractivity contribution in [3.8, 4) is 5.75 Å². The maximum absolute atomic E-state index is 14.0. The summed E-state index contributed by atoms with van der Waals surface area (Å²) in [7, 11) is 3.41. The van der Waals surface area contributed by atoms with E-state index in [9.17, 15) is 4.39 Å². The van der Waals surface area contributed by atoms with Gasteiger partial charge in [0.15, 0.2) is 17.5 Å². The molecule has 1 aromatic heterocycles. The number of aliphatic imine (C=N–C) groups is 1. The number of ether oxygens (including phenoxy) is 2. The standard InChI is InChI=1S/C21H28FN3O3/c1-25(14-16-5-6-20(26-2)19(22)12-16)21(24-13-17-8-11-27-15-17)23-9-7-18-4-3-10-28-18/h3-6,10,12,17H,7-9,11,13-15H2,1-2H3,(H,23,24). The van der Waals surface area contributed by atoms with Gasteiger partial charge < -0.3 is 24.1 Å². The highest BCUT2D eigenvalue weighted by atomic mass is 19.1. The highest BCUT2D eigenvalue weighted by molar-refractivity contribution is 5.79. The van der Waals surface area contributed by atoms with Crippen molar-refractivity contribution >= 4 is 5.96 Å². The minimum absolute atomic E-state index is 0.248. The molecule has 0 spiro atoms. The van der Waals surface area contributed by atoms with Crippen LogP contribution in [0.3, 0.4) is 0 Å². The summed E-state index contributed by atoms with van der Waals surface area (Å²) in [4.78, 5) is 6.78. The van der Waals surface area contributed by atoms with Crippen LogP contribution in [0.1, 0.15) is 17.7 Å². The number of methoxy groups -OCH3 is 1. The molecule has 0 amide bonds. The molecule has 1 atom stereocenters. The molecule has 0 bridgehead atoms. The van der Waals surface area contributed by atoms with Crippen LogP contribution < -0.4 is 10.1 Å². The first-order chi connectivity index (χ1) is 13.7. The van der Waals surface area contributed by atoms with Crippen LogP contribution in [0.4, 0.5) is 4.39 Å². The minimum Gasteiger partial charge on any atom is -0.494 e. The number of furan rings is 1. The predicted octanol–water partition coefficient (Wildman–Crippen LogP) is 3.08. The molecule has 0 radical (unpaired) electrons. The van der Waals surface area contributed by atoms with Crippen molar-refractivity contribution < 1.29 is 18.3 Å². The Kier molecular flexibility index (Phi) is 7.31. The molecule has 1 N–H and O–H groups in total. The third-order valence-electron chi connectivity index (χ3n) is 4.76. The molecule has 1 aliphatic heterocycles. The van der Waals surface area contributed by atoms with Gasteiger partial charge in [0, 0.05) is 45.6 Å². The first kappa shape index (κ1) is 20.2. The zero-order valence-electron chi connectivity index (χ0n) is 16.5. The Morgan fingerprint density at radius 2 is 2.29 bits per heavy atom. The molecule has 3 rings (SSSR count). The maximum Gasteiger partial charge on any atom is 0.193 e. The summed E-state index contributed by atoms with van der Waals surface area (Å²) in [6.45, 7) is 3.52. The van der Waals surface area contributed by atoms with Gasteiger partial charge in [0.05, 0.1) is 20.0 Å². The van der Waals surface area contributed by atoms with Crippen LogP contribution in [0.15, 0.2) is 46.0 Å². The first-order valence-electron chi connectivity index (χ1n) is 9.57.